The van der Waals surface area contributed by atoms with E-state index in [9.17, 15) is 4.79 Å². The molecule has 0 atom stereocenters. The van der Waals surface area contributed by atoms with Gasteiger partial charge < -0.3 is 5.32 Å². The maximum Gasteiger partial charge on any atom is 0.255 e. The third-order valence-corrected chi connectivity index (χ3v) is 4.41. The summed E-state index contributed by atoms with van der Waals surface area (Å²) < 4.78 is 1.84. The fourth-order valence-corrected chi connectivity index (χ4v) is 2.92. The van der Waals surface area contributed by atoms with E-state index in [0.717, 1.165) is 35.3 Å². The maximum absolute atomic E-state index is 12.4. The molecule has 5 heteroatoms. The Labute approximate surface area is 157 Å². The quantitative estimate of drug-likeness (QED) is 0.729. The smallest absolute Gasteiger partial charge is 0.255 e. The molecule has 27 heavy (non-hydrogen) atoms. The van der Waals surface area contributed by atoms with Gasteiger partial charge in [-0.2, -0.15) is 0 Å². The van der Waals surface area contributed by atoms with Gasteiger partial charge in [0.05, 0.1) is 0 Å². The van der Waals surface area contributed by atoms with Crippen LogP contribution in [-0.2, 0) is 4.79 Å². The Morgan fingerprint density at radius 2 is 2.11 bits per heavy atom. The monoisotopic (exact) mass is 354 g/mol. The summed E-state index contributed by atoms with van der Waals surface area (Å²) in [6.45, 7) is 2.10. The van der Waals surface area contributed by atoms with Crippen molar-refractivity contribution >= 4 is 17.2 Å². The van der Waals surface area contributed by atoms with Crippen molar-refractivity contribution in [3.63, 3.8) is 0 Å². The van der Waals surface area contributed by atoms with E-state index in [1.165, 1.54) is 5.57 Å². The van der Waals surface area contributed by atoms with Crippen LogP contribution in [0.1, 0.15) is 31.2 Å². The first kappa shape index (κ1) is 16.8. The van der Waals surface area contributed by atoms with Crippen LogP contribution in [0.15, 0.2) is 72.0 Å². The Kier molecular flexibility index (Phi) is 4.54. The zero-order valence-electron chi connectivity index (χ0n) is 14.9. The molecule has 0 saturated heterocycles. The van der Waals surface area contributed by atoms with Crippen LogP contribution in [0.2, 0.25) is 0 Å². The van der Waals surface area contributed by atoms with Crippen molar-refractivity contribution in [2.45, 2.75) is 19.8 Å². The molecule has 5 nitrogen and oxygen atoms in total. The SMILES string of the molecule is CCC1=CC(C(=O)Nc2cccc(C#Cc3nnc4ccccn34)c2)=CC1. The number of hydrogen-bond acceptors (Lipinski definition) is 3. The van der Waals surface area contributed by atoms with Crippen LogP contribution in [0.4, 0.5) is 5.69 Å². The number of anilines is 1. The van der Waals surface area contributed by atoms with E-state index in [-0.39, 0.29) is 5.91 Å². The predicted octanol–water partition coefficient (Wildman–Crippen LogP) is 3.73. The molecule has 0 spiro atoms. The number of aromatic nitrogens is 3. The number of pyridine rings is 1. The molecule has 1 aromatic carbocycles. The Bertz CT molecular complexity index is 1140. The zero-order chi connectivity index (χ0) is 18.6. The lowest BCUT2D eigenvalue weighted by Crippen LogP contribution is -2.12. The molecule has 1 amide bonds. The van der Waals surface area contributed by atoms with Crippen LogP contribution in [-0.4, -0.2) is 20.5 Å². The van der Waals surface area contributed by atoms with E-state index < -0.39 is 0 Å². The fraction of sp³-hybridized carbons (Fsp3) is 0.136. The van der Waals surface area contributed by atoms with Gasteiger partial charge in [-0.25, -0.2) is 0 Å². The lowest BCUT2D eigenvalue weighted by molar-refractivity contribution is -0.112. The van der Waals surface area contributed by atoms with E-state index in [1.807, 2.05) is 65.2 Å². The van der Waals surface area contributed by atoms with E-state index >= 15 is 0 Å². The van der Waals surface area contributed by atoms with Crippen molar-refractivity contribution in [1.29, 1.82) is 0 Å². The predicted molar refractivity (Wildman–Crippen MR) is 105 cm³/mol. The van der Waals surface area contributed by atoms with Gasteiger partial charge in [0.2, 0.25) is 5.82 Å². The summed E-state index contributed by atoms with van der Waals surface area (Å²) in [6.07, 6.45) is 7.64. The number of nitrogens with one attached hydrogen (secondary N) is 1. The lowest BCUT2D eigenvalue weighted by Gasteiger charge is -2.05. The number of carbonyl (C=O) groups excluding carboxylic acids is 1. The molecule has 1 aliphatic rings. The van der Waals surface area contributed by atoms with Gasteiger partial charge in [0.15, 0.2) is 5.65 Å². The van der Waals surface area contributed by atoms with Crippen molar-refractivity contribution in [3.05, 3.63) is 83.3 Å². The third kappa shape index (κ3) is 3.65. The molecule has 0 aliphatic heterocycles. The summed E-state index contributed by atoms with van der Waals surface area (Å²) in [5.74, 6) is 6.61. The fourth-order valence-electron chi connectivity index (χ4n) is 2.92. The second kappa shape index (κ2) is 7.30. The normalized spacial score (nSPS) is 12.9. The molecule has 0 radical (unpaired) electrons. The summed E-state index contributed by atoms with van der Waals surface area (Å²) in [6, 6.07) is 13.2. The van der Waals surface area contributed by atoms with Gasteiger partial charge in [-0.1, -0.05) is 42.7 Å². The molecule has 3 aromatic rings. The molecule has 4 rings (SSSR count). The van der Waals surface area contributed by atoms with Crippen LogP contribution >= 0.6 is 0 Å². The highest BCUT2D eigenvalue weighted by atomic mass is 16.1. The van der Waals surface area contributed by atoms with Crippen LogP contribution in [0.5, 0.6) is 0 Å². The van der Waals surface area contributed by atoms with Crippen molar-refractivity contribution in [2.75, 3.05) is 5.32 Å². The topological polar surface area (TPSA) is 59.3 Å². The number of allylic oxidation sites excluding steroid dienone is 2. The second-order valence-corrected chi connectivity index (χ2v) is 6.26. The molecular formula is C22H18N4O. The Hall–Kier alpha value is -3.65. The number of fused-ring (bicyclic) bond motifs is 1. The number of amides is 1. The molecule has 2 heterocycles. The van der Waals surface area contributed by atoms with Crippen LogP contribution in [0.25, 0.3) is 5.65 Å². The average Bonchev–Trinajstić information content (AvgIpc) is 3.34. The Balaban J connectivity index is 1.52. The zero-order valence-corrected chi connectivity index (χ0v) is 14.9. The van der Waals surface area contributed by atoms with Gasteiger partial charge in [-0.3, -0.25) is 9.20 Å². The first-order valence-corrected chi connectivity index (χ1v) is 8.86. The van der Waals surface area contributed by atoms with E-state index in [2.05, 4.69) is 34.3 Å². The minimum absolute atomic E-state index is 0.0907. The standard InChI is InChI=1S/C22H18N4O/c1-2-16-9-11-18(14-16)22(27)23-19-7-5-6-17(15-19)10-12-21-25-24-20-8-3-4-13-26(20)21/h3-8,11,13-15H,2,9H2,1H3,(H,23,27). The minimum Gasteiger partial charge on any atom is -0.322 e. The molecule has 2 aromatic heterocycles. The third-order valence-electron chi connectivity index (χ3n) is 4.41. The molecule has 0 bridgehead atoms. The Morgan fingerprint density at radius 3 is 2.96 bits per heavy atom. The Morgan fingerprint density at radius 1 is 1.19 bits per heavy atom. The minimum atomic E-state index is -0.0907. The highest BCUT2D eigenvalue weighted by Gasteiger charge is 2.13. The van der Waals surface area contributed by atoms with Crippen LogP contribution < -0.4 is 5.32 Å². The van der Waals surface area contributed by atoms with Gasteiger partial charge in [-0.15, -0.1) is 10.2 Å². The maximum atomic E-state index is 12.4. The van der Waals surface area contributed by atoms with Gasteiger partial charge >= 0.3 is 0 Å². The van der Waals surface area contributed by atoms with Gasteiger partial charge in [0.25, 0.3) is 5.91 Å². The van der Waals surface area contributed by atoms with Crippen molar-refractivity contribution in [2.24, 2.45) is 0 Å². The number of carbonyl (C=O) groups is 1. The van der Waals surface area contributed by atoms with E-state index in [4.69, 9.17) is 0 Å². The lowest BCUT2D eigenvalue weighted by atomic mass is 10.2. The van der Waals surface area contributed by atoms with Crippen molar-refractivity contribution < 1.29 is 4.79 Å². The number of nitrogens with zero attached hydrogens (tertiary/aromatic N) is 3. The summed E-state index contributed by atoms with van der Waals surface area (Å²) in [5.41, 5.74) is 4.27. The van der Waals surface area contributed by atoms with Gasteiger partial charge in [-0.05, 0) is 49.1 Å². The molecular weight excluding hydrogens is 336 g/mol. The van der Waals surface area contributed by atoms with Gasteiger partial charge in [0, 0.05) is 23.0 Å². The molecule has 0 fully saturated rings. The average molecular weight is 354 g/mol. The largest absolute Gasteiger partial charge is 0.322 e. The number of hydrogen-bond donors (Lipinski definition) is 1. The molecule has 1 N–H and O–H groups in total. The van der Waals surface area contributed by atoms with Crippen LogP contribution in [0, 0.1) is 11.8 Å². The highest BCUT2D eigenvalue weighted by molar-refractivity contribution is 6.06. The summed E-state index contributed by atoms with van der Waals surface area (Å²) in [5, 5.41) is 11.1. The summed E-state index contributed by atoms with van der Waals surface area (Å²) >= 11 is 0. The van der Waals surface area contributed by atoms with Crippen molar-refractivity contribution in [1.82, 2.24) is 14.6 Å². The van der Waals surface area contributed by atoms with E-state index in [0.29, 0.717) is 5.82 Å². The number of benzene rings is 1. The molecule has 0 unspecified atom stereocenters. The van der Waals surface area contributed by atoms with E-state index in [1.54, 1.807) is 0 Å². The second-order valence-electron chi connectivity index (χ2n) is 6.26. The molecule has 132 valence electrons. The van der Waals surface area contributed by atoms with Gasteiger partial charge in [0.1, 0.15) is 0 Å². The summed E-state index contributed by atoms with van der Waals surface area (Å²) in [7, 11) is 0. The highest BCUT2D eigenvalue weighted by Crippen LogP contribution is 2.21. The van der Waals surface area contributed by atoms with Crippen LogP contribution in [0.3, 0.4) is 0 Å². The molecule has 0 saturated carbocycles. The summed E-state index contributed by atoms with van der Waals surface area (Å²) in [4.78, 5) is 12.4. The first-order chi connectivity index (χ1) is 13.2. The van der Waals surface area contributed by atoms with Crippen molar-refractivity contribution in [3.8, 4) is 11.8 Å². The number of rotatable bonds is 3. The molecule has 1 aliphatic carbocycles. The first-order valence-electron chi connectivity index (χ1n) is 8.86.